The lowest BCUT2D eigenvalue weighted by atomic mass is 10.00. The fourth-order valence-corrected chi connectivity index (χ4v) is 3.03. The summed E-state index contributed by atoms with van der Waals surface area (Å²) in [5, 5.41) is 4.35. The zero-order chi connectivity index (χ0) is 14.5. The third kappa shape index (κ3) is 3.29. The molecule has 20 heavy (non-hydrogen) atoms. The van der Waals surface area contributed by atoms with Crippen molar-refractivity contribution in [1.82, 2.24) is 15.2 Å². The normalized spacial score (nSPS) is 12.6. The molecule has 1 atom stereocenters. The number of benzene rings is 1. The molecule has 1 aromatic heterocycles. The Morgan fingerprint density at radius 2 is 2.15 bits per heavy atom. The minimum Gasteiger partial charge on any atom is -0.271 e. The van der Waals surface area contributed by atoms with E-state index in [0.717, 1.165) is 29.6 Å². The molecule has 0 bridgehead atoms. The summed E-state index contributed by atoms with van der Waals surface area (Å²) in [5.74, 6) is 5.75. The van der Waals surface area contributed by atoms with Gasteiger partial charge in [0.05, 0.1) is 22.4 Å². The summed E-state index contributed by atoms with van der Waals surface area (Å²) in [6.45, 7) is 5.06. The Labute approximate surface area is 128 Å². The molecule has 0 fully saturated rings. The molecule has 0 amide bonds. The highest BCUT2D eigenvalue weighted by Crippen LogP contribution is 2.26. The molecule has 0 saturated heterocycles. The smallest absolute Gasteiger partial charge is 0.0709 e. The van der Waals surface area contributed by atoms with Crippen LogP contribution in [0.25, 0.3) is 0 Å². The van der Waals surface area contributed by atoms with Gasteiger partial charge in [-0.1, -0.05) is 24.3 Å². The minimum absolute atomic E-state index is 0.0893. The Bertz CT molecular complexity index is 565. The van der Waals surface area contributed by atoms with E-state index in [1.54, 1.807) is 0 Å². The first-order chi connectivity index (χ1) is 9.67. The summed E-state index contributed by atoms with van der Waals surface area (Å²) in [6.07, 6.45) is 3.76. The zero-order valence-corrected chi connectivity index (χ0v) is 13.5. The first-order valence-corrected chi connectivity index (χ1v) is 7.68. The van der Waals surface area contributed by atoms with Crippen molar-refractivity contribution in [3.63, 3.8) is 0 Å². The molecule has 0 aliphatic heterocycles. The molecule has 3 N–H and O–H groups in total. The van der Waals surface area contributed by atoms with E-state index in [9.17, 15) is 0 Å². The van der Waals surface area contributed by atoms with Gasteiger partial charge in [0.15, 0.2) is 0 Å². The summed E-state index contributed by atoms with van der Waals surface area (Å²) in [4.78, 5) is 0. The lowest BCUT2D eigenvalue weighted by molar-refractivity contribution is 0.465. The Morgan fingerprint density at radius 3 is 2.80 bits per heavy atom. The SMILES string of the molecule is CCn1ncc(Br)c1C(CCc1ccccc1C)NN. The second kappa shape index (κ2) is 7.02. The maximum absolute atomic E-state index is 5.75. The molecule has 0 spiro atoms. The van der Waals surface area contributed by atoms with Crippen molar-refractivity contribution in [2.24, 2.45) is 5.84 Å². The topological polar surface area (TPSA) is 55.9 Å². The van der Waals surface area contributed by atoms with Gasteiger partial charge in [0.1, 0.15) is 0 Å². The first kappa shape index (κ1) is 15.2. The van der Waals surface area contributed by atoms with Crippen molar-refractivity contribution in [2.45, 2.75) is 39.3 Å². The van der Waals surface area contributed by atoms with Crippen LogP contribution in [0.2, 0.25) is 0 Å². The van der Waals surface area contributed by atoms with Gasteiger partial charge in [-0.3, -0.25) is 16.0 Å². The lowest BCUT2D eigenvalue weighted by Crippen LogP contribution is -2.30. The van der Waals surface area contributed by atoms with E-state index in [1.165, 1.54) is 11.1 Å². The molecule has 108 valence electrons. The number of halogens is 1. The quantitative estimate of drug-likeness (QED) is 0.629. The highest BCUT2D eigenvalue weighted by atomic mass is 79.9. The average Bonchev–Trinajstić information content (AvgIpc) is 2.83. The van der Waals surface area contributed by atoms with Crippen LogP contribution in [0.3, 0.4) is 0 Å². The molecule has 0 aliphatic rings. The minimum atomic E-state index is 0.0893. The predicted octanol–water partition coefficient (Wildman–Crippen LogP) is 3.11. The molecule has 0 radical (unpaired) electrons. The maximum Gasteiger partial charge on any atom is 0.0709 e. The third-order valence-corrected chi connectivity index (χ3v) is 4.24. The van der Waals surface area contributed by atoms with Crippen molar-refractivity contribution in [2.75, 3.05) is 0 Å². The van der Waals surface area contributed by atoms with Crippen LogP contribution in [0, 0.1) is 6.92 Å². The molecule has 0 saturated carbocycles. The molecular formula is C15H21BrN4. The number of hydrazine groups is 1. The number of aromatic nitrogens is 2. The maximum atomic E-state index is 5.75. The van der Waals surface area contributed by atoms with E-state index >= 15 is 0 Å². The van der Waals surface area contributed by atoms with Gasteiger partial charge >= 0.3 is 0 Å². The number of hydrogen-bond donors (Lipinski definition) is 2. The van der Waals surface area contributed by atoms with Crippen LogP contribution in [-0.2, 0) is 13.0 Å². The third-order valence-electron chi connectivity index (χ3n) is 3.63. The summed E-state index contributed by atoms with van der Waals surface area (Å²) >= 11 is 3.56. The lowest BCUT2D eigenvalue weighted by Gasteiger charge is -2.18. The van der Waals surface area contributed by atoms with Gasteiger partial charge in [-0.2, -0.15) is 5.10 Å². The van der Waals surface area contributed by atoms with Crippen LogP contribution in [0.15, 0.2) is 34.9 Å². The molecule has 5 heteroatoms. The molecule has 4 nitrogen and oxygen atoms in total. The highest BCUT2D eigenvalue weighted by molar-refractivity contribution is 9.10. The number of nitrogens with two attached hydrogens (primary N) is 1. The summed E-state index contributed by atoms with van der Waals surface area (Å²) in [7, 11) is 0. The second-order valence-corrected chi connectivity index (χ2v) is 5.73. The number of aryl methyl sites for hydroxylation is 3. The van der Waals surface area contributed by atoms with E-state index in [2.05, 4.69) is 64.6 Å². The van der Waals surface area contributed by atoms with Crippen LogP contribution in [0.5, 0.6) is 0 Å². The fraction of sp³-hybridized carbons (Fsp3) is 0.400. The summed E-state index contributed by atoms with van der Waals surface area (Å²) < 4.78 is 2.99. The molecule has 1 aromatic carbocycles. The van der Waals surface area contributed by atoms with E-state index in [1.807, 2.05) is 10.9 Å². The van der Waals surface area contributed by atoms with Crippen molar-refractivity contribution in [3.05, 3.63) is 51.8 Å². The van der Waals surface area contributed by atoms with E-state index in [0.29, 0.717) is 0 Å². The highest BCUT2D eigenvalue weighted by Gasteiger charge is 2.18. The van der Waals surface area contributed by atoms with E-state index in [-0.39, 0.29) is 6.04 Å². The molecular weight excluding hydrogens is 316 g/mol. The first-order valence-electron chi connectivity index (χ1n) is 6.89. The number of hydrogen-bond acceptors (Lipinski definition) is 3. The summed E-state index contributed by atoms with van der Waals surface area (Å²) in [6, 6.07) is 8.56. The van der Waals surface area contributed by atoms with Crippen LogP contribution in [0.4, 0.5) is 0 Å². The molecule has 2 rings (SSSR count). The molecule has 1 heterocycles. The van der Waals surface area contributed by atoms with Gasteiger partial charge in [-0.15, -0.1) is 0 Å². The van der Waals surface area contributed by atoms with Crippen molar-refractivity contribution < 1.29 is 0 Å². The monoisotopic (exact) mass is 336 g/mol. The number of nitrogens with zero attached hydrogens (tertiary/aromatic N) is 2. The number of nitrogens with one attached hydrogen (secondary N) is 1. The molecule has 2 aromatic rings. The zero-order valence-electron chi connectivity index (χ0n) is 11.9. The average molecular weight is 337 g/mol. The van der Waals surface area contributed by atoms with Crippen molar-refractivity contribution >= 4 is 15.9 Å². The Morgan fingerprint density at radius 1 is 1.40 bits per heavy atom. The van der Waals surface area contributed by atoms with E-state index in [4.69, 9.17) is 5.84 Å². The van der Waals surface area contributed by atoms with Gasteiger partial charge in [-0.25, -0.2) is 0 Å². The fourth-order valence-electron chi connectivity index (χ4n) is 2.46. The largest absolute Gasteiger partial charge is 0.271 e. The second-order valence-electron chi connectivity index (χ2n) is 4.88. The molecule has 1 unspecified atom stereocenters. The van der Waals surface area contributed by atoms with Gasteiger partial charge in [0, 0.05) is 6.54 Å². The predicted molar refractivity (Wildman–Crippen MR) is 85.2 cm³/mol. The standard InChI is InChI=1S/C15H21BrN4/c1-3-20-15(13(16)10-18-20)14(19-17)9-8-12-7-5-4-6-11(12)2/h4-7,10,14,19H,3,8-9,17H2,1-2H3. The van der Waals surface area contributed by atoms with Gasteiger partial charge in [0.2, 0.25) is 0 Å². The summed E-state index contributed by atoms with van der Waals surface area (Å²) in [5.41, 5.74) is 6.73. The van der Waals surface area contributed by atoms with Crippen molar-refractivity contribution in [3.8, 4) is 0 Å². The molecule has 0 aliphatic carbocycles. The van der Waals surface area contributed by atoms with Gasteiger partial charge in [0.25, 0.3) is 0 Å². The van der Waals surface area contributed by atoms with Gasteiger partial charge < -0.3 is 0 Å². The van der Waals surface area contributed by atoms with Crippen molar-refractivity contribution in [1.29, 1.82) is 0 Å². The Balaban J connectivity index is 2.13. The van der Waals surface area contributed by atoms with Crippen LogP contribution < -0.4 is 11.3 Å². The van der Waals surface area contributed by atoms with Crippen LogP contribution in [-0.4, -0.2) is 9.78 Å². The Kier molecular flexibility index (Phi) is 5.34. The van der Waals surface area contributed by atoms with Crippen LogP contribution >= 0.6 is 15.9 Å². The Hall–Kier alpha value is -1.17. The number of rotatable bonds is 6. The van der Waals surface area contributed by atoms with Gasteiger partial charge in [-0.05, 0) is 53.7 Å². The van der Waals surface area contributed by atoms with E-state index < -0.39 is 0 Å². The van der Waals surface area contributed by atoms with Crippen LogP contribution in [0.1, 0.15) is 36.2 Å².